The van der Waals surface area contributed by atoms with E-state index in [1.54, 1.807) is 22.0 Å². The van der Waals surface area contributed by atoms with Gasteiger partial charge in [-0.05, 0) is 51.5 Å². The number of benzene rings is 1. The molecule has 1 aromatic heterocycles. The van der Waals surface area contributed by atoms with Crippen LogP contribution >= 0.6 is 23.1 Å². The number of aromatic nitrogens is 1. The summed E-state index contributed by atoms with van der Waals surface area (Å²) >= 11 is 2.99. The molecule has 1 aliphatic heterocycles. The van der Waals surface area contributed by atoms with Crippen molar-refractivity contribution in [2.45, 2.75) is 51.1 Å². The molecule has 30 heavy (non-hydrogen) atoms. The molecular weight excluding hydrogens is 416 g/mol. The number of nitrogens with one attached hydrogen (secondary N) is 1. The fraction of sp³-hybridized carbons (Fsp3) is 0.500. The topological polar surface area (TPSA) is 65.5 Å². The number of fused-ring (bicyclic) bond motifs is 1. The van der Waals surface area contributed by atoms with Crippen molar-refractivity contribution in [3.63, 3.8) is 0 Å². The molecule has 1 aliphatic rings. The van der Waals surface area contributed by atoms with Gasteiger partial charge < -0.3 is 15.1 Å². The minimum Gasteiger partial charge on any atom is -0.348 e. The van der Waals surface area contributed by atoms with Gasteiger partial charge in [-0.1, -0.05) is 26.0 Å². The number of nitrogens with zero attached hydrogens (tertiary/aromatic N) is 3. The van der Waals surface area contributed by atoms with Crippen molar-refractivity contribution in [3.8, 4) is 0 Å². The van der Waals surface area contributed by atoms with Crippen LogP contribution in [-0.4, -0.2) is 53.1 Å². The molecule has 1 N–H and O–H groups in total. The third-order valence-corrected chi connectivity index (χ3v) is 7.15. The van der Waals surface area contributed by atoms with E-state index < -0.39 is 0 Å². The molecule has 0 radical (unpaired) electrons. The summed E-state index contributed by atoms with van der Waals surface area (Å²) in [7, 11) is 0. The first-order chi connectivity index (χ1) is 14.5. The number of rotatable bonds is 10. The van der Waals surface area contributed by atoms with Gasteiger partial charge in [-0.15, -0.1) is 23.1 Å². The molecule has 0 bridgehead atoms. The van der Waals surface area contributed by atoms with Crippen molar-refractivity contribution in [2.75, 3.05) is 30.3 Å². The van der Waals surface area contributed by atoms with E-state index in [1.807, 2.05) is 31.2 Å². The zero-order valence-corrected chi connectivity index (χ0v) is 19.5. The van der Waals surface area contributed by atoms with Gasteiger partial charge >= 0.3 is 0 Å². The standard InChI is InChI=1S/C22H30N4O2S2/c1-4-25(5-2)12-8-9-16(3)23-22(28)17-14-30-20(24-17)13-26-18-10-6-7-11-19(18)29-15-21(26)27/h6-7,10-11,14,16H,4-5,8-9,12-13,15H2,1-3H3,(H,23,28). The van der Waals surface area contributed by atoms with Crippen molar-refractivity contribution < 1.29 is 9.59 Å². The normalized spacial score (nSPS) is 14.7. The first-order valence-electron chi connectivity index (χ1n) is 10.5. The highest BCUT2D eigenvalue weighted by Crippen LogP contribution is 2.35. The lowest BCUT2D eigenvalue weighted by molar-refractivity contribution is -0.116. The van der Waals surface area contributed by atoms with Crippen LogP contribution in [0.5, 0.6) is 0 Å². The van der Waals surface area contributed by atoms with E-state index >= 15 is 0 Å². The fourth-order valence-electron chi connectivity index (χ4n) is 3.48. The second-order valence-electron chi connectivity index (χ2n) is 7.41. The van der Waals surface area contributed by atoms with Gasteiger partial charge in [-0.2, -0.15) is 0 Å². The maximum Gasteiger partial charge on any atom is 0.270 e. The zero-order chi connectivity index (χ0) is 21.5. The Kier molecular flexibility index (Phi) is 8.30. The maximum atomic E-state index is 12.6. The van der Waals surface area contributed by atoms with E-state index in [9.17, 15) is 9.59 Å². The lowest BCUT2D eigenvalue weighted by Gasteiger charge is -2.28. The Morgan fingerprint density at radius 1 is 1.30 bits per heavy atom. The Labute approximate surface area is 187 Å². The number of hydrogen-bond donors (Lipinski definition) is 1. The van der Waals surface area contributed by atoms with Crippen LogP contribution in [0, 0.1) is 0 Å². The zero-order valence-electron chi connectivity index (χ0n) is 17.9. The molecule has 2 amide bonds. The van der Waals surface area contributed by atoms with Crippen molar-refractivity contribution in [3.05, 3.63) is 40.3 Å². The van der Waals surface area contributed by atoms with E-state index in [-0.39, 0.29) is 17.9 Å². The van der Waals surface area contributed by atoms with Gasteiger partial charge in [0.1, 0.15) is 10.7 Å². The Balaban J connectivity index is 1.55. The first-order valence-corrected chi connectivity index (χ1v) is 12.4. The average molecular weight is 447 g/mol. The summed E-state index contributed by atoms with van der Waals surface area (Å²) in [4.78, 5) is 34.8. The van der Waals surface area contributed by atoms with Crippen LogP contribution < -0.4 is 10.2 Å². The van der Waals surface area contributed by atoms with Gasteiger partial charge in [-0.3, -0.25) is 9.59 Å². The quantitative estimate of drug-likeness (QED) is 0.597. The van der Waals surface area contributed by atoms with Gasteiger partial charge in [0.15, 0.2) is 0 Å². The van der Waals surface area contributed by atoms with Crippen LogP contribution in [0.25, 0.3) is 0 Å². The first kappa shape index (κ1) is 22.8. The van der Waals surface area contributed by atoms with Crippen molar-refractivity contribution in [1.82, 2.24) is 15.2 Å². The number of thiazole rings is 1. The Morgan fingerprint density at radius 3 is 2.83 bits per heavy atom. The highest BCUT2D eigenvalue weighted by molar-refractivity contribution is 8.00. The van der Waals surface area contributed by atoms with Crippen molar-refractivity contribution in [1.29, 1.82) is 0 Å². The van der Waals surface area contributed by atoms with Crippen LogP contribution in [0.4, 0.5) is 5.69 Å². The number of carbonyl (C=O) groups excluding carboxylic acids is 2. The smallest absolute Gasteiger partial charge is 0.270 e. The van der Waals surface area contributed by atoms with Gasteiger partial charge in [-0.25, -0.2) is 4.98 Å². The molecule has 1 aromatic carbocycles. The number of anilines is 1. The van der Waals surface area contributed by atoms with E-state index in [4.69, 9.17) is 0 Å². The number of amides is 2. The predicted octanol–water partition coefficient (Wildman–Crippen LogP) is 4.02. The second-order valence-corrected chi connectivity index (χ2v) is 9.37. The van der Waals surface area contributed by atoms with Crippen molar-refractivity contribution >= 4 is 40.6 Å². The number of carbonyl (C=O) groups is 2. The summed E-state index contributed by atoms with van der Waals surface area (Å²) in [5.74, 6) is 0.358. The van der Waals surface area contributed by atoms with Crippen LogP contribution in [0.3, 0.4) is 0 Å². The van der Waals surface area contributed by atoms with E-state index in [0.717, 1.165) is 48.1 Å². The monoisotopic (exact) mass is 446 g/mol. The molecule has 8 heteroatoms. The summed E-state index contributed by atoms with van der Waals surface area (Å²) in [6, 6.07) is 8.01. The van der Waals surface area contributed by atoms with Crippen LogP contribution in [0.2, 0.25) is 0 Å². The molecule has 0 saturated carbocycles. The molecular formula is C22H30N4O2S2. The summed E-state index contributed by atoms with van der Waals surface area (Å²) in [6.45, 7) is 9.94. The number of thioether (sulfide) groups is 1. The molecule has 0 saturated heterocycles. The molecule has 1 atom stereocenters. The third kappa shape index (κ3) is 5.83. The molecule has 6 nitrogen and oxygen atoms in total. The molecule has 0 spiro atoms. The summed E-state index contributed by atoms with van der Waals surface area (Å²) in [6.07, 6.45) is 2.00. The van der Waals surface area contributed by atoms with Gasteiger partial charge in [0.25, 0.3) is 5.91 Å². The van der Waals surface area contributed by atoms with E-state index in [2.05, 4.69) is 29.0 Å². The Bertz CT molecular complexity index is 866. The lowest BCUT2D eigenvalue weighted by atomic mass is 10.1. The van der Waals surface area contributed by atoms with E-state index in [0.29, 0.717) is 18.0 Å². The number of hydrogen-bond acceptors (Lipinski definition) is 6. The lowest BCUT2D eigenvalue weighted by Crippen LogP contribution is -2.35. The molecule has 0 fully saturated rings. The molecule has 3 rings (SSSR count). The van der Waals surface area contributed by atoms with Gasteiger partial charge in [0, 0.05) is 16.3 Å². The molecule has 2 heterocycles. The third-order valence-electron chi connectivity index (χ3n) is 5.27. The predicted molar refractivity (Wildman–Crippen MR) is 124 cm³/mol. The summed E-state index contributed by atoms with van der Waals surface area (Å²) in [5.41, 5.74) is 1.35. The van der Waals surface area contributed by atoms with Gasteiger partial charge in [0.05, 0.1) is 18.0 Å². The second kappa shape index (κ2) is 10.9. The molecule has 0 aliphatic carbocycles. The minimum atomic E-state index is -0.145. The minimum absolute atomic E-state index is 0.0710. The van der Waals surface area contributed by atoms with Gasteiger partial charge in [0.2, 0.25) is 5.91 Å². The number of para-hydroxylation sites is 1. The van der Waals surface area contributed by atoms with E-state index in [1.165, 1.54) is 11.3 Å². The molecule has 2 aromatic rings. The van der Waals surface area contributed by atoms with Crippen LogP contribution in [-0.2, 0) is 11.3 Å². The highest BCUT2D eigenvalue weighted by Gasteiger charge is 2.25. The average Bonchev–Trinajstić information content (AvgIpc) is 3.22. The Morgan fingerprint density at radius 2 is 2.07 bits per heavy atom. The molecule has 1 unspecified atom stereocenters. The van der Waals surface area contributed by atoms with Crippen LogP contribution in [0.1, 0.15) is 49.1 Å². The summed E-state index contributed by atoms with van der Waals surface area (Å²) in [5, 5.41) is 5.60. The largest absolute Gasteiger partial charge is 0.348 e. The van der Waals surface area contributed by atoms with Crippen molar-refractivity contribution in [2.24, 2.45) is 0 Å². The SMILES string of the molecule is CCN(CC)CCCC(C)NC(=O)c1csc(CN2C(=O)CSc3ccccc32)n1. The van der Waals surface area contributed by atoms with Crippen LogP contribution in [0.15, 0.2) is 34.5 Å². The maximum absolute atomic E-state index is 12.6. The highest BCUT2D eigenvalue weighted by atomic mass is 32.2. The summed E-state index contributed by atoms with van der Waals surface area (Å²) < 4.78 is 0. The fourth-order valence-corrected chi connectivity index (χ4v) is 5.18. The Hall–Kier alpha value is -1.90. The molecule has 162 valence electrons.